The highest BCUT2D eigenvalue weighted by Crippen LogP contribution is 2.24. The molecule has 0 saturated carbocycles. The molecular formula is C17H16N2O. The number of rotatable bonds is 2. The third-order valence-electron chi connectivity index (χ3n) is 3.62. The Balaban J connectivity index is 2.20. The number of carbonyl (C=O) groups is 1. The van der Waals surface area contributed by atoms with E-state index in [0.717, 1.165) is 28.8 Å². The molecule has 0 aliphatic rings. The van der Waals surface area contributed by atoms with Crippen molar-refractivity contribution >= 4 is 11.9 Å². The maximum absolute atomic E-state index is 11.0. The number of nitrogens with zero attached hydrogens (tertiary/aromatic N) is 2. The van der Waals surface area contributed by atoms with E-state index in [0.29, 0.717) is 5.56 Å². The van der Waals surface area contributed by atoms with Gasteiger partial charge in [-0.3, -0.25) is 4.79 Å². The zero-order valence-electron chi connectivity index (χ0n) is 11.8. The third-order valence-corrected chi connectivity index (χ3v) is 3.62. The molecule has 0 aliphatic carbocycles. The molecule has 0 spiro atoms. The maximum atomic E-state index is 11.0. The monoisotopic (exact) mass is 264 g/mol. The summed E-state index contributed by atoms with van der Waals surface area (Å²) in [4.78, 5) is 15.7. The molecule has 1 aromatic carbocycles. The first-order valence-electron chi connectivity index (χ1n) is 6.60. The number of fused-ring (bicyclic) bond motifs is 1. The first-order chi connectivity index (χ1) is 9.58. The second kappa shape index (κ2) is 4.60. The Bertz CT molecular complexity index is 815. The average molecular weight is 264 g/mol. The van der Waals surface area contributed by atoms with Crippen molar-refractivity contribution in [3.8, 4) is 11.3 Å². The van der Waals surface area contributed by atoms with Crippen molar-refractivity contribution in [2.24, 2.45) is 0 Å². The lowest BCUT2D eigenvalue weighted by Crippen LogP contribution is -1.91. The Morgan fingerprint density at radius 1 is 1.05 bits per heavy atom. The molecule has 0 aliphatic heterocycles. The van der Waals surface area contributed by atoms with Gasteiger partial charge in [-0.15, -0.1) is 0 Å². The molecule has 0 atom stereocenters. The molecule has 0 amide bonds. The van der Waals surface area contributed by atoms with Crippen LogP contribution < -0.4 is 0 Å². The Kier molecular flexibility index (Phi) is 2.90. The summed E-state index contributed by atoms with van der Waals surface area (Å²) in [5.41, 5.74) is 7.03. The molecule has 3 aromatic rings. The van der Waals surface area contributed by atoms with E-state index in [1.807, 2.05) is 29.8 Å². The topological polar surface area (TPSA) is 34.4 Å². The van der Waals surface area contributed by atoms with Gasteiger partial charge in [0, 0.05) is 23.5 Å². The highest BCUT2D eigenvalue weighted by atomic mass is 16.1. The molecule has 100 valence electrons. The van der Waals surface area contributed by atoms with Crippen molar-refractivity contribution in [1.82, 2.24) is 9.38 Å². The van der Waals surface area contributed by atoms with Gasteiger partial charge in [0.2, 0.25) is 0 Å². The van der Waals surface area contributed by atoms with Gasteiger partial charge < -0.3 is 4.40 Å². The standard InChI is InChI=1S/C17H16N2O/c1-11-4-5-15(13(3)6-11)16-9-19-8-14(10-20)12(2)7-17(19)18-16/h4-10H,1-3H3. The van der Waals surface area contributed by atoms with Gasteiger partial charge in [0.05, 0.1) is 5.69 Å². The largest absolute Gasteiger partial charge is 0.306 e. The molecule has 0 fully saturated rings. The lowest BCUT2D eigenvalue weighted by molar-refractivity contribution is 0.112. The van der Waals surface area contributed by atoms with Gasteiger partial charge in [0.25, 0.3) is 0 Å². The molecular weight excluding hydrogens is 248 g/mol. The van der Waals surface area contributed by atoms with E-state index < -0.39 is 0 Å². The Morgan fingerprint density at radius 2 is 1.85 bits per heavy atom. The molecule has 0 saturated heterocycles. The number of aryl methyl sites for hydroxylation is 3. The van der Waals surface area contributed by atoms with Crippen molar-refractivity contribution in [1.29, 1.82) is 0 Å². The van der Waals surface area contributed by atoms with Crippen molar-refractivity contribution in [3.05, 3.63) is 58.9 Å². The Hall–Kier alpha value is -2.42. The van der Waals surface area contributed by atoms with E-state index in [1.54, 1.807) is 0 Å². The number of aromatic nitrogens is 2. The summed E-state index contributed by atoms with van der Waals surface area (Å²) in [6.45, 7) is 6.10. The minimum atomic E-state index is 0.696. The summed E-state index contributed by atoms with van der Waals surface area (Å²) in [6, 6.07) is 8.28. The van der Waals surface area contributed by atoms with Crippen LogP contribution in [0, 0.1) is 20.8 Å². The van der Waals surface area contributed by atoms with Crippen LogP contribution >= 0.6 is 0 Å². The van der Waals surface area contributed by atoms with Crippen molar-refractivity contribution in [3.63, 3.8) is 0 Å². The summed E-state index contributed by atoms with van der Waals surface area (Å²) < 4.78 is 1.91. The number of hydrogen-bond donors (Lipinski definition) is 0. The zero-order valence-corrected chi connectivity index (χ0v) is 11.8. The molecule has 2 aromatic heterocycles. The zero-order chi connectivity index (χ0) is 14.3. The van der Waals surface area contributed by atoms with Crippen molar-refractivity contribution in [2.75, 3.05) is 0 Å². The van der Waals surface area contributed by atoms with E-state index in [9.17, 15) is 4.79 Å². The molecule has 20 heavy (non-hydrogen) atoms. The van der Waals surface area contributed by atoms with Gasteiger partial charge in [-0.25, -0.2) is 4.98 Å². The van der Waals surface area contributed by atoms with Gasteiger partial charge in [-0.2, -0.15) is 0 Å². The number of carbonyl (C=O) groups excluding carboxylic acids is 1. The van der Waals surface area contributed by atoms with Crippen LogP contribution in [0.4, 0.5) is 0 Å². The lowest BCUT2D eigenvalue weighted by atomic mass is 10.0. The molecule has 3 heteroatoms. The summed E-state index contributed by atoms with van der Waals surface area (Å²) in [5, 5.41) is 0. The highest BCUT2D eigenvalue weighted by Gasteiger charge is 2.09. The van der Waals surface area contributed by atoms with E-state index in [-0.39, 0.29) is 0 Å². The smallest absolute Gasteiger partial charge is 0.151 e. The minimum Gasteiger partial charge on any atom is -0.306 e. The average Bonchev–Trinajstić information content (AvgIpc) is 2.79. The van der Waals surface area contributed by atoms with Gasteiger partial charge in [0.15, 0.2) is 6.29 Å². The van der Waals surface area contributed by atoms with Gasteiger partial charge in [0.1, 0.15) is 5.65 Å². The second-order valence-corrected chi connectivity index (χ2v) is 5.24. The summed E-state index contributed by atoms with van der Waals surface area (Å²) in [6.07, 6.45) is 4.68. The van der Waals surface area contributed by atoms with E-state index in [2.05, 4.69) is 37.0 Å². The van der Waals surface area contributed by atoms with Gasteiger partial charge in [-0.1, -0.05) is 23.8 Å². The fourth-order valence-electron chi connectivity index (χ4n) is 2.50. The molecule has 2 heterocycles. The number of hydrogen-bond acceptors (Lipinski definition) is 2. The van der Waals surface area contributed by atoms with Gasteiger partial charge >= 0.3 is 0 Å². The second-order valence-electron chi connectivity index (χ2n) is 5.24. The quantitative estimate of drug-likeness (QED) is 0.661. The van der Waals surface area contributed by atoms with Gasteiger partial charge in [-0.05, 0) is 38.0 Å². The summed E-state index contributed by atoms with van der Waals surface area (Å²) in [5.74, 6) is 0. The minimum absolute atomic E-state index is 0.696. The number of aldehydes is 1. The summed E-state index contributed by atoms with van der Waals surface area (Å²) in [7, 11) is 0. The highest BCUT2D eigenvalue weighted by molar-refractivity contribution is 5.78. The fourth-order valence-corrected chi connectivity index (χ4v) is 2.50. The fraction of sp³-hybridized carbons (Fsp3) is 0.176. The lowest BCUT2D eigenvalue weighted by Gasteiger charge is -2.02. The molecule has 3 rings (SSSR count). The Labute approximate surface area is 117 Å². The summed E-state index contributed by atoms with van der Waals surface area (Å²) >= 11 is 0. The SMILES string of the molecule is Cc1ccc(-c2cn3cc(C=O)c(C)cc3n2)c(C)c1. The first-order valence-corrected chi connectivity index (χ1v) is 6.60. The van der Waals surface area contributed by atoms with Crippen LogP contribution in [0.2, 0.25) is 0 Å². The normalized spacial score (nSPS) is 10.9. The molecule has 0 bridgehead atoms. The third kappa shape index (κ3) is 2.01. The van der Waals surface area contributed by atoms with E-state index in [1.165, 1.54) is 11.1 Å². The number of pyridine rings is 1. The van der Waals surface area contributed by atoms with Crippen LogP contribution in [-0.2, 0) is 0 Å². The maximum Gasteiger partial charge on any atom is 0.151 e. The van der Waals surface area contributed by atoms with Crippen LogP contribution in [0.25, 0.3) is 16.9 Å². The van der Waals surface area contributed by atoms with Crippen molar-refractivity contribution < 1.29 is 4.79 Å². The number of imidazole rings is 1. The van der Waals surface area contributed by atoms with Crippen molar-refractivity contribution in [2.45, 2.75) is 20.8 Å². The molecule has 0 radical (unpaired) electrons. The molecule has 0 unspecified atom stereocenters. The van der Waals surface area contributed by atoms with Crippen LogP contribution in [0.15, 0.2) is 36.7 Å². The van der Waals surface area contributed by atoms with E-state index >= 15 is 0 Å². The van der Waals surface area contributed by atoms with Crippen LogP contribution in [0.1, 0.15) is 27.0 Å². The predicted molar refractivity (Wildman–Crippen MR) is 80.2 cm³/mol. The Morgan fingerprint density at radius 3 is 2.55 bits per heavy atom. The molecule has 3 nitrogen and oxygen atoms in total. The predicted octanol–water partition coefficient (Wildman–Crippen LogP) is 3.74. The van der Waals surface area contributed by atoms with Crippen LogP contribution in [0.5, 0.6) is 0 Å². The van der Waals surface area contributed by atoms with E-state index in [4.69, 9.17) is 0 Å². The first kappa shape index (κ1) is 12.6. The number of benzene rings is 1. The van der Waals surface area contributed by atoms with Crippen LogP contribution in [0.3, 0.4) is 0 Å². The molecule has 0 N–H and O–H groups in total. The van der Waals surface area contributed by atoms with Crippen LogP contribution in [-0.4, -0.2) is 15.7 Å².